The van der Waals surface area contributed by atoms with Gasteiger partial charge in [-0.15, -0.1) is 0 Å². The summed E-state index contributed by atoms with van der Waals surface area (Å²) in [6, 6.07) is 2.90. The van der Waals surface area contributed by atoms with Crippen LogP contribution in [0.4, 0.5) is 0 Å². The van der Waals surface area contributed by atoms with Gasteiger partial charge < -0.3 is 0 Å². The van der Waals surface area contributed by atoms with Crippen LogP contribution in [0.3, 0.4) is 0 Å². The molecule has 0 N–H and O–H groups in total. The van der Waals surface area contributed by atoms with Gasteiger partial charge in [0, 0.05) is 30.9 Å². The Morgan fingerprint density at radius 2 is 2.46 bits per heavy atom. The first-order valence-corrected chi connectivity index (χ1v) is 5.08. The highest BCUT2D eigenvalue weighted by Gasteiger charge is 2.41. The van der Waals surface area contributed by atoms with Crippen LogP contribution in [0, 0.1) is 0 Å². The predicted octanol–water partition coefficient (Wildman–Crippen LogP) is 1.95. The van der Waals surface area contributed by atoms with Gasteiger partial charge in [0.1, 0.15) is 0 Å². The highest BCUT2D eigenvalue weighted by Crippen LogP contribution is 2.49. The largest absolute Gasteiger partial charge is 0.296 e. The fraction of sp³-hybridized carbons (Fsp3) is 0.545. The van der Waals surface area contributed by atoms with Crippen LogP contribution < -0.4 is 0 Å². The van der Waals surface area contributed by atoms with Crippen molar-refractivity contribution in [1.29, 1.82) is 0 Å². The Kier molecular flexibility index (Phi) is 1.47. The molecule has 1 aliphatic heterocycles. The third-order valence-electron chi connectivity index (χ3n) is 3.50. The van der Waals surface area contributed by atoms with Crippen LogP contribution >= 0.6 is 0 Å². The molecular weight excluding hydrogens is 160 g/mol. The second kappa shape index (κ2) is 2.55. The van der Waals surface area contributed by atoms with E-state index in [1.165, 1.54) is 30.6 Å². The SMILES string of the molecule is CCN1CC2CC1c1ccncc12. The fourth-order valence-corrected chi connectivity index (χ4v) is 2.86. The number of hydrogen-bond acceptors (Lipinski definition) is 2. The van der Waals surface area contributed by atoms with Crippen molar-refractivity contribution >= 4 is 0 Å². The van der Waals surface area contributed by atoms with E-state index in [9.17, 15) is 0 Å². The summed E-state index contributed by atoms with van der Waals surface area (Å²) >= 11 is 0. The van der Waals surface area contributed by atoms with Crippen LogP contribution in [-0.4, -0.2) is 23.0 Å². The van der Waals surface area contributed by atoms with Gasteiger partial charge in [0.05, 0.1) is 0 Å². The van der Waals surface area contributed by atoms with Crippen LogP contribution in [0.25, 0.3) is 0 Å². The maximum atomic E-state index is 4.21. The Morgan fingerprint density at radius 3 is 3.31 bits per heavy atom. The van der Waals surface area contributed by atoms with Gasteiger partial charge in [-0.25, -0.2) is 0 Å². The Hall–Kier alpha value is -0.890. The average molecular weight is 174 g/mol. The first kappa shape index (κ1) is 7.51. The van der Waals surface area contributed by atoms with Gasteiger partial charge >= 0.3 is 0 Å². The molecule has 0 saturated carbocycles. The molecule has 2 aliphatic rings. The van der Waals surface area contributed by atoms with Crippen LogP contribution in [0.1, 0.15) is 36.4 Å². The molecule has 2 bridgehead atoms. The van der Waals surface area contributed by atoms with Gasteiger partial charge in [-0.2, -0.15) is 0 Å². The Morgan fingerprint density at radius 1 is 1.54 bits per heavy atom. The number of rotatable bonds is 1. The monoisotopic (exact) mass is 174 g/mol. The molecule has 0 amide bonds. The van der Waals surface area contributed by atoms with E-state index in [2.05, 4.69) is 29.1 Å². The van der Waals surface area contributed by atoms with Crippen LogP contribution in [0.15, 0.2) is 18.5 Å². The van der Waals surface area contributed by atoms with Crippen molar-refractivity contribution in [3.05, 3.63) is 29.6 Å². The van der Waals surface area contributed by atoms with Crippen molar-refractivity contribution in [2.75, 3.05) is 13.1 Å². The molecule has 2 atom stereocenters. The van der Waals surface area contributed by atoms with E-state index in [1.54, 1.807) is 0 Å². The van der Waals surface area contributed by atoms with Gasteiger partial charge in [-0.05, 0) is 30.2 Å². The molecule has 2 nitrogen and oxygen atoms in total. The smallest absolute Gasteiger partial charge is 0.0358 e. The molecule has 1 aromatic heterocycles. The molecule has 13 heavy (non-hydrogen) atoms. The molecule has 68 valence electrons. The summed E-state index contributed by atoms with van der Waals surface area (Å²) < 4.78 is 0. The summed E-state index contributed by atoms with van der Waals surface area (Å²) in [5.74, 6) is 0.772. The van der Waals surface area contributed by atoms with Crippen LogP contribution in [0.2, 0.25) is 0 Å². The quantitative estimate of drug-likeness (QED) is 0.647. The van der Waals surface area contributed by atoms with Crippen molar-refractivity contribution in [2.24, 2.45) is 0 Å². The molecule has 2 heterocycles. The second-order valence-electron chi connectivity index (χ2n) is 4.04. The van der Waals surface area contributed by atoms with Gasteiger partial charge in [0.15, 0.2) is 0 Å². The first-order chi connectivity index (χ1) is 6.40. The van der Waals surface area contributed by atoms with Crippen molar-refractivity contribution < 1.29 is 0 Å². The molecule has 0 spiro atoms. The number of aromatic nitrogens is 1. The normalized spacial score (nSPS) is 30.8. The van der Waals surface area contributed by atoms with E-state index in [-0.39, 0.29) is 0 Å². The first-order valence-electron chi connectivity index (χ1n) is 5.08. The number of fused-ring (bicyclic) bond motifs is 5. The van der Waals surface area contributed by atoms with Crippen molar-refractivity contribution in [3.63, 3.8) is 0 Å². The molecule has 1 aliphatic carbocycles. The van der Waals surface area contributed by atoms with E-state index in [0.29, 0.717) is 6.04 Å². The molecule has 1 fully saturated rings. The van der Waals surface area contributed by atoms with Gasteiger partial charge in [0.25, 0.3) is 0 Å². The van der Waals surface area contributed by atoms with E-state index in [4.69, 9.17) is 0 Å². The third kappa shape index (κ3) is 0.894. The lowest BCUT2D eigenvalue weighted by atomic mass is 10.0. The number of likely N-dealkylation sites (tertiary alicyclic amines) is 1. The Labute approximate surface area is 78.6 Å². The molecule has 0 radical (unpaired) electrons. The zero-order valence-electron chi connectivity index (χ0n) is 7.90. The number of nitrogens with zero attached hydrogens (tertiary/aromatic N) is 2. The van der Waals surface area contributed by atoms with E-state index in [1.807, 2.05) is 6.20 Å². The van der Waals surface area contributed by atoms with Crippen LogP contribution in [0.5, 0.6) is 0 Å². The lowest BCUT2D eigenvalue weighted by Crippen LogP contribution is -2.27. The van der Waals surface area contributed by atoms with Crippen molar-refractivity contribution in [3.8, 4) is 0 Å². The topological polar surface area (TPSA) is 16.1 Å². The summed E-state index contributed by atoms with van der Waals surface area (Å²) in [6.45, 7) is 4.68. The lowest BCUT2D eigenvalue weighted by Gasteiger charge is -2.26. The van der Waals surface area contributed by atoms with Gasteiger partial charge in [-0.1, -0.05) is 6.92 Å². The minimum atomic E-state index is 0.702. The van der Waals surface area contributed by atoms with Gasteiger partial charge in [-0.3, -0.25) is 9.88 Å². The highest BCUT2D eigenvalue weighted by atomic mass is 15.2. The van der Waals surface area contributed by atoms with E-state index < -0.39 is 0 Å². The minimum absolute atomic E-state index is 0.702. The molecule has 3 rings (SSSR count). The molecule has 1 aromatic rings. The zero-order chi connectivity index (χ0) is 8.84. The average Bonchev–Trinajstić information content (AvgIpc) is 2.75. The maximum Gasteiger partial charge on any atom is 0.0358 e. The van der Waals surface area contributed by atoms with E-state index >= 15 is 0 Å². The molecule has 0 aromatic carbocycles. The van der Waals surface area contributed by atoms with E-state index in [0.717, 1.165) is 5.92 Å². The highest BCUT2D eigenvalue weighted by molar-refractivity contribution is 5.38. The Bertz CT molecular complexity index is 333. The second-order valence-corrected chi connectivity index (χ2v) is 4.04. The predicted molar refractivity (Wildman–Crippen MR) is 51.6 cm³/mol. The summed E-state index contributed by atoms with van der Waals surface area (Å²) in [5.41, 5.74) is 3.05. The molecule has 1 saturated heterocycles. The van der Waals surface area contributed by atoms with Crippen LogP contribution in [-0.2, 0) is 0 Å². The van der Waals surface area contributed by atoms with Gasteiger partial charge in [0.2, 0.25) is 0 Å². The standard InChI is InChI=1S/C11H14N2/c1-2-13-7-8-5-11(13)9-3-4-12-6-10(8)9/h3-4,6,8,11H,2,5,7H2,1H3. The summed E-state index contributed by atoms with van der Waals surface area (Å²) in [5, 5.41) is 0. The summed E-state index contributed by atoms with van der Waals surface area (Å²) in [6.07, 6.45) is 5.31. The Balaban J connectivity index is 2.07. The van der Waals surface area contributed by atoms with Crippen molar-refractivity contribution in [1.82, 2.24) is 9.88 Å². The fourth-order valence-electron chi connectivity index (χ4n) is 2.86. The lowest BCUT2D eigenvalue weighted by molar-refractivity contribution is 0.262. The molecular formula is C11H14N2. The summed E-state index contributed by atoms with van der Waals surface area (Å²) in [4.78, 5) is 6.78. The third-order valence-corrected chi connectivity index (χ3v) is 3.50. The molecule has 2 heteroatoms. The van der Waals surface area contributed by atoms with Crippen molar-refractivity contribution in [2.45, 2.75) is 25.3 Å². The maximum absolute atomic E-state index is 4.21. The number of hydrogen-bond donors (Lipinski definition) is 0. The molecule has 2 unspecified atom stereocenters. The number of likely N-dealkylation sites (N-methyl/N-ethyl adjacent to an activating group) is 1. The number of pyridine rings is 1. The zero-order valence-corrected chi connectivity index (χ0v) is 7.90. The minimum Gasteiger partial charge on any atom is -0.296 e. The summed E-state index contributed by atoms with van der Waals surface area (Å²) in [7, 11) is 0.